The molecule has 0 saturated carbocycles. The molecule has 0 aromatic heterocycles. The lowest BCUT2D eigenvalue weighted by atomic mass is 10.1. The minimum atomic E-state index is 0.0868. The van der Waals surface area contributed by atoms with Crippen LogP contribution in [0.25, 0.3) is 0 Å². The van der Waals surface area contributed by atoms with E-state index in [1.807, 2.05) is 6.92 Å². The molecule has 2 N–H and O–H groups in total. The first-order valence-corrected chi connectivity index (χ1v) is 8.11. The number of thioether (sulfide) groups is 1. The maximum absolute atomic E-state index is 5.92. The lowest BCUT2D eigenvalue weighted by Crippen LogP contribution is -2.43. The molecule has 2 nitrogen and oxygen atoms in total. The summed E-state index contributed by atoms with van der Waals surface area (Å²) in [5.74, 6) is 1.19. The van der Waals surface area contributed by atoms with Crippen molar-refractivity contribution in [1.29, 1.82) is 0 Å². The van der Waals surface area contributed by atoms with E-state index in [-0.39, 0.29) is 6.04 Å². The van der Waals surface area contributed by atoms with Gasteiger partial charge in [-0.3, -0.25) is 0 Å². The van der Waals surface area contributed by atoms with E-state index in [0.717, 1.165) is 17.6 Å². The summed E-state index contributed by atoms with van der Waals surface area (Å²) >= 11 is 5.74. The lowest BCUT2D eigenvalue weighted by molar-refractivity contribution is 0.647. The van der Waals surface area contributed by atoms with Gasteiger partial charge < -0.3 is 10.6 Å². The number of halogens is 1. The third-order valence-corrected chi connectivity index (χ3v) is 5.20. The summed E-state index contributed by atoms with van der Waals surface area (Å²) in [6.45, 7) is 8.85. The fourth-order valence-corrected chi connectivity index (χ4v) is 4.04. The van der Waals surface area contributed by atoms with Gasteiger partial charge in [-0.2, -0.15) is 11.8 Å². The predicted molar refractivity (Wildman–Crippen MR) is 85.5 cm³/mol. The van der Waals surface area contributed by atoms with Gasteiger partial charge in [-0.25, -0.2) is 0 Å². The Bertz CT molecular complexity index is 432. The molecule has 0 bridgehead atoms. The normalized spacial score (nSPS) is 20.8. The third-order valence-electron chi connectivity index (χ3n) is 3.26. The fourth-order valence-electron chi connectivity index (χ4n) is 2.28. The van der Waals surface area contributed by atoms with Crippen molar-refractivity contribution in [2.24, 2.45) is 5.73 Å². The van der Waals surface area contributed by atoms with Gasteiger partial charge in [-0.15, -0.1) is 0 Å². The Morgan fingerprint density at radius 3 is 2.72 bits per heavy atom. The number of rotatable bonds is 2. The Morgan fingerprint density at radius 2 is 2.17 bits per heavy atom. The zero-order valence-corrected chi connectivity index (χ0v) is 13.6. The minimum absolute atomic E-state index is 0.0868. The van der Waals surface area contributed by atoms with Gasteiger partial charge >= 0.3 is 0 Å². The molecular weight excluding hydrogens is 308 g/mol. The van der Waals surface area contributed by atoms with Crippen LogP contribution in [0.5, 0.6) is 0 Å². The molecule has 1 aromatic rings. The Kier molecular flexibility index (Phi) is 4.29. The van der Waals surface area contributed by atoms with Crippen LogP contribution in [0.3, 0.4) is 0 Å². The van der Waals surface area contributed by atoms with Crippen LogP contribution in [0.1, 0.15) is 32.4 Å². The molecule has 2 rings (SSSR count). The third kappa shape index (κ3) is 3.22. The van der Waals surface area contributed by atoms with E-state index >= 15 is 0 Å². The molecule has 1 saturated heterocycles. The van der Waals surface area contributed by atoms with Crippen LogP contribution in [0.2, 0.25) is 0 Å². The SMILES string of the molecule is C[C@H](N)c1ccc(N2CCSC(C)(C)C2)c(Br)c1. The Hall–Kier alpha value is -0.190. The van der Waals surface area contributed by atoms with E-state index in [1.165, 1.54) is 17.0 Å². The zero-order chi connectivity index (χ0) is 13.3. The number of nitrogens with zero attached hydrogens (tertiary/aromatic N) is 1. The summed E-state index contributed by atoms with van der Waals surface area (Å²) in [6.07, 6.45) is 0. The predicted octanol–water partition coefficient (Wildman–Crippen LogP) is 3.80. The van der Waals surface area contributed by atoms with Crippen molar-refractivity contribution in [3.63, 3.8) is 0 Å². The number of benzene rings is 1. The van der Waals surface area contributed by atoms with E-state index in [9.17, 15) is 0 Å². The first-order valence-electron chi connectivity index (χ1n) is 6.33. The summed E-state index contributed by atoms with van der Waals surface area (Å²) in [5.41, 5.74) is 8.38. The van der Waals surface area contributed by atoms with Crippen molar-refractivity contribution in [3.05, 3.63) is 28.2 Å². The molecule has 0 radical (unpaired) electrons. The molecule has 18 heavy (non-hydrogen) atoms. The smallest absolute Gasteiger partial charge is 0.0511 e. The quantitative estimate of drug-likeness (QED) is 0.895. The largest absolute Gasteiger partial charge is 0.368 e. The topological polar surface area (TPSA) is 29.3 Å². The van der Waals surface area contributed by atoms with Gasteiger partial charge in [0.1, 0.15) is 0 Å². The molecule has 1 atom stereocenters. The van der Waals surface area contributed by atoms with Crippen molar-refractivity contribution < 1.29 is 0 Å². The molecular formula is C14H21BrN2S. The van der Waals surface area contributed by atoms with Gasteiger partial charge in [0.05, 0.1) is 5.69 Å². The van der Waals surface area contributed by atoms with Crippen molar-refractivity contribution in [3.8, 4) is 0 Å². The van der Waals surface area contributed by atoms with Gasteiger partial charge in [-0.05, 0) is 54.4 Å². The first kappa shape index (κ1) is 14.2. The molecule has 4 heteroatoms. The summed E-state index contributed by atoms with van der Waals surface area (Å²) < 4.78 is 1.48. The molecule has 1 aliphatic heterocycles. The monoisotopic (exact) mass is 328 g/mol. The molecule has 1 aromatic carbocycles. The van der Waals surface area contributed by atoms with Crippen molar-refractivity contribution in [2.45, 2.75) is 31.6 Å². The number of anilines is 1. The van der Waals surface area contributed by atoms with Crippen molar-refractivity contribution in [2.75, 3.05) is 23.7 Å². The second-order valence-electron chi connectivity index (χ2n) is 5.53. The molecule has 1 fully saturated rings. The highest BCUT2D eigenvalue weighted by atomic mass is 79.9. The Morgan fingerprint density at radius 1 is 1.44 bits per heavy atom. The van der Waals surface area contributed by atoms with E-state index < -0.39 is 0 Å². The molecule has 100 valence electrons. The fraction of sp³-hybridized carbons (Fsp3) is 0.571. The molecule has 0 aliphatic carbocycles. The standard InChI is InChI=1S/C14H21BrN2S/c1-10(16)11-4-5-13(12(15)8-11)17-6-7-18-14(2,3)9-17/h4-5,8,10H,6-7,9,16H2,1-3H3/t10-/m0/s1. The molecule has 0 spiro atoms. The molecule has 0 amide bonds. The van der Waals surface area contributed by atoms with Crippen LogP contribution >= 0.6 is 27.7 Å². The highest BCUT2D eigenvalue weighted by Gasteiger charge is 2.27. The van der Waals surface area contributed by atoms with E-state index in [2.05, 4.69) is 64.6 Å². The second kappa shape index (κ2) is 5.43. The van der Waals surface area contributed by atoms with Crippen molar-refractivity contribution >= 4 is 33.4 Å². The van der Waals surface area contributed by atoms with Crippen LogP contribution < -0.4 is 10.6 Å². The van der Waals surface area contributed by atoms with Crippen LogP contribution in [0, 0.1) is 0 Å². The molecule has 1 heterocycles. The lowest BCUT2D eigenvalue weighted by Gasteiger charge is -2.39. The summed E-state index contributed by atoms with van der Waals surface area (Å²) in [5, 5.41) is 0. The van der Waals surface area contributed by atoms with Gasteiger partial charge in [0.2, 0.25) is 0 Å². The first-order chi connectivity index (χ1) is 8.39. The van der Waals surface area contributed by atoms with E-state index in [4.69, 9.17) is 5.73 Å². The maximum atomic E-state index is 5.92. The van der Waals surface area contributed by atoms with Crippen LogP contribution in [-0.4, -0.2) is 23.6 Å². The highest BCUT2D eigenvalue weighted by molar-refractivity contribution is 9.10. The van der Waals surface area contributed by atoms with Gasteiger partial charge in [0.15, 0.2) is 0 Å². The summed E-state index contributed by atoms with van der Waals surface area (Å²) in [4.78, 5) is 2.46. The summed E-state index contributed by atoms with van der Waals surface area (Å²) in [6, 6.07) is 6.56. The highest BCUT2D eigenvalue weighted by Crippen LogP contribution is 2.36. The van der Waals surface area contributed by atoms with Gasteiger partial charge in [0, 0.05) is 34.1 Å². The maximum Gasteiger partial charge on any atom is 0.0511 e. The minimum Gasteiger partial charge on any atom is -0.368 e. The van der Waals surface area contributed by atoms with Gasteiger partial charge in [0.25, 0.3) is 0 Å². The number of hydrogen-bond donors (Lipinski definition) is 1. The number of hydrogen-bond acceptors (Lipinski definition) is 3. The Balaban J connectivity index is 2.23. The van der Waals surface area contributed by atoms with Crippen LogP contribution in [0.15, 0.2) is 22.7 Å². The summed E-state index contributed by atoms with van der Waals surface area (Å²) in [7, 11) is 0. The van der Waals surface area contributed by atoms with E-state index in [0.29, 0.717) is 4.75 Å². The van der Waals surface area contributed by atoms with Gasteiger partial charge in [-0.1, -0.05) is 6.07 Å². The van der Waals surface area contributed by atoms with Crippen LogP contribution in [-0.2, 0) is 0 Å². The molecule has 1 aliphatic rings. The average Bonchev–Trinajstić information content (AvgIpc) is 2.27. The van der Waals surface area contributed by atoms with E-state index in [1.54, 1.807) is 0 Å². The van der Waals surface area contributed by atoms with Crippen molar-refractivity contribution in [1.82, 2.24) is 0 Å². The molecule has 0 unspecified atom stereocenters. The van der Waals surface area contributed by atoms with Crippen LogP contribution in [0.4, 0.5) is 5.69 Å². The zero-order valence-electron chi connectivity index (χ0n) is 11.2. The number of nitrogens with two attached hydrogens (primary N) is 1. The Labute approximate surface area is 122 Å². The second-order valence-corrected chi connectivity index (χ2v) is 8.19. The average molecular weight is 329 g/mol.